The summed E-state index contributed by atoms with van der Waals surface area (Å²) in [4.78, 5) is 2.37. The van der Waals surface area contributed by atoms with Gasteiger partial charge in [0.2, 0.25) is 0 Å². The van der Waals surface area contributed by atoms with Crippen molar-refractivity contribution in [3.63, 3.8) is 0 Å². The maximum atomic E-state index is 5.38. The highest BCUT2D eigenvalue weighted by molar-refractivity contribution is 4.69. The zero-order chi connectivity index (χ0) is 8.10. The first-order valence-corrected chi connectivity index (χ1v) is 4.34. The number of hydrogen-bond donors (Lipinski definition) is 0. The Labute approximate surface area is 68.7 Å². The second-order valence-corrected chi connectivity index (χ2v) is 2.81. The third-order valence-corrected chi connectivity index (χ3v) is 2.09. The normalized spacial score (nSPS) is 24.8. The standard InChI is InChI=1S/C8H17N2O/c1-3-10(4-2)6-8-5-9-7-11-8/h8H,3-7H2,1-2H3. The van der Waals surface area contributed by atoms with E-state index in [1.807, 2.05) is 0 Å². The SMILES string of the molecule is CCN(CC)CC1C[N]CO1. The van der Waals surface area contributed by atoms with Crippen LogP contribution >= 0.6 is 0 Å². The number of ether oxygens (including phenoxy) is 1. The van der Waals surface area contributed by atoms with E-state index in [2.05, 4.69) is 24.1 Å². The lowest BCUT2D eigenvalue weighted by Crippen LogP contribution is -2.33. The van der Waals surface area contributed by atoms with Crippen molar-refractivity contribution in [2.45, 2.75) is 20.0 Å². The molecule has 0 aliphatic carbocycles. The van der Waals surface area contributed by atoms with Crippen LogP contribution in [0.3, 0.4) is 0 Å². The van der Waals surface area contributed by atoms with Crippen molar-refractivity contribution in [1.29, 1.82) is 0 Å². The van der Waals surface area contributed by atoms with Crippen LogP contribution in [0.5, 0.6) is 0 Å². The lowest BCUT2D eigenvalue weighted by molar-refractivity contribution is 0.0797. The molecule has 0 spiro atoms. The monoisotopic (exact) mass is 157 g/mol. The van der Waals surface area contributed by atoms with Gasteiger partial charge in [-0.15, -0.1) is 0 Å². The molecular formula is C8H17N2O. The van der Waals surface area contributed by atoms with Gasteiger partial charge in [0.25, 0.3) is 0 Å². The second-order valence-electron chi connectivity index (χ2n) is 2.81. The zero-order valence-electron chi connectivity index (χ0n) is 7.42. The smallest absolute Gasteiger partial charge is 0.113 e. The fraction of sp³-hybridized carbons (Fsp3) is 1.00. The first-order valence-electron chi connectivity index (χ1n) is 4.34. The Morgan fingerprint density at radius 3 is 2.64 bits per heavy atom. The highest BCUT2D eigenvalue weighted by Crippen LogP contribution is 2.01. The highest BCUT2D eigenvalue weighted by Gasteiger charge is 2.17. The summed E-state index contributed by atoms with van der Waals surface area (Å²) in [5.74, 6) is 0. The van der Waals surface area contributed by atoms with Crippen LogP contribution in [0.1, 0.15) is 13.8 Å². The van der Waals surface area contributed by atoms with Crippen LogP contribution in [-0.2, 0) is 4.74 Å². The average molecular weight is 157 g/mol. The van der Waals surface area contributed by atoms with Crippen LogP contribution in [-0.4, -0.2) is 43.9 Å². The molecule has 0 aromatic carbocycles. The summed E-state index contributed by atoms with van der Waals surface area (Å²) in [6.07, 6.45) is 0.356. The Hall–Kier alpha value is -0.120. The van der Waals surface area contributed by atoms with Gasteiger partial charge < -0.3 is 9.64 Å². The Morgan fingerprint density at radius 1 is 1.45 bits per heavy atom. The van der Waals surface area contributed by atoms with Crippen molar-refractivity contribution in [2.75, 3.05) is 32.9 Å². The summed E-state index contributed by atoms with van der Waals surface area (Å²) in [6, 6.07) is 0. The van der Waals surface area contributed by atoms with E-state index in [1.165, 1.54) is 0 Å². The van der Waals surface area contributed by atoms with Crippen molar-refractivity contribution in [2.24, 2.45) is 0 Å². The number of rotatable bonds is 4. The molecule has 3 heteroatoms. The summed E-state index contributed by atoms with van der Waals surface area (Å²) in [6.45, 7) is 9.09. The van der Waals surface area contributed by atoms with Crippen LogP contribution in [0, 0.1) is 0 Å². The summed E-state index contributed by atoms with van der Waals surface area (Å²) in [5.41, 5.74) is 0. The summed E-state index contributed by atoms with van der Waals surface area (Å²) < 4.78 is 5.38. The van der Waals surface area contributed by atoms with Crippen molar-refractivity contribution in [1.82, 2.24) is 10.2 Å². The molecule has 1 unspecified atom stereocenters. The topological polar surface area (TPSA) is 26.6 Å². The van der Waals surface area contributed by atoms with Crippen LogP contribution in [0.2, 0.25) is 0 Å². The predicted molar refractivity (Wildman–Crippen MR) is 44.5 cm³/mol. The van der Waals surface area contributed by atoms with Gasteiger partial charge in [-0.25, -0.2) is 5.32 Å². The van der Waals surface area contributed by atoms with Crippen molar-refractivity contribution < 1.29 is 4.74 Å². The molecule has 1 fully saturated rings. The van der Waals surface area contributed by atoms with Gasteiger partial charge in [0.15, 0.2) is 0 Å². The number of nitrogens with zero attached hydrogens (tertiary/aromatic N) is 2. The molecule has 1 heterocycles. The fourth-order valence-electron chi connectivity index (χ4n) is 1.29. The van der Waals surface area contributed by atoms with Gasteiger partial charge in [0, 0.05) is 13.1 Å². The van der Waals surface area contributed by atoms with Crippen molar-refractivity contribution >= 4 is 0 Å². The molecule has 0 N–H and O–H groups in total. The minimum Gasteiger partial charge on any atom is -0.359 e. The number of hydrogen-bond acceptors (Lipinski definition) is 2. The quantitative estimate of drug-likeness (QED) is 0.586. The minimum atomic E-state index is 0.356. The molecule has 0 aromatic heterocycles. The molecule has 0 bridgehead atoms. The van der Waals surface area contributed by atoms with E-state index in [0.29, 0.717) is 12.8 Å². The zero-order valence-corrected chi connectivity index (χ0v) is 7.42. The molecular weight excluding hydrogens is 140 g/mol. The fourth-order valence-corrected chi connectivity index (χ4v) is 1.29. The van der Waals surface area contributed by atoms with Gasteiger partial charge >= 0.3 is 0 Å². The molecule has 3 nitrogen and oxygen atoms in total. The van der Waals surface area contributed by atoms with Crippen LogP contribution in [0.15, 0.2) is 0 Å². The second kappa shape index (κ2) is 4.70. The van der Waals surface area contributed by atoms with E-state index in [-0.39, 0.29) is 0 Å². The molecule has 0 aromatic rings. The van der Waals surface area contributed by atoms with Gasteiger partial charge in [-0.1, -0.05) is 13.8 Å². The van der Waals surface area contributed by atoms with Gasteiger partial charge in [-0.2, -0.15) is 0 Å². The number of likely N-dealkylation sites (N-methyl/N-ethyl adjacent to an activating group) is 1. The predicted octanol–water partition coefficient (Wildman–Crippen LogP) is 0.289. The lowest BCUT2D eigenvalue weighted by atomic mass is 10.3. The third-order valence-electron chi connectivity index (χ3n) is 2.09. The van der Waals surface area contributed by atoms with Gasteiger partial charge in [-0.3, -0.25) is 0 Å². The Kier molecular flexibility index (Phi) is 3.83. The van der Waals surface area contributed by atoms with Crippen molar-refractivity contribution in [3.05, 3.63) is 0 Å². The Balaban J connectivity index is 2.16. The first kappa shape index (κ1) is 8.97. The van der Waals surface area contributed by atoms with Gasteiger partial charge in [0.05, 0.1) is 6.10 Å². The Bertz CT molecular complexity index is 98.3. The first-order chi connectivity index (χ1) is 5.36. The Morgan fingerprint density at radius 2 is 2.18 bits per heavy atom. The largest absolute Gasteiger partial charge is 0.359 e. The van der Waals surface area contributed by atoms with E-state index in [9.17, 15) is 0 Å². The molecule has 0 amide bonds. The molecule has 1 radical (unpaired) electrons. The van der Waals surface area contributed by atoms with E-state index in [0.717, 1.165) is 26.2 Å². The van der Waals surface area contributed by atoms with Crippen molar-refractivity contribution in [3.8, 4) is 0 Å². The van der Waals surface area contributed by atoms with Gasteiger partial charge in [-0.05, 0) is 13.1 Å². The molecule has 1 atom stereocenters. The maximum Gasteiger partial charge on any atom is 0.113 e. The summed E-state index contributed by atoms with van der Waals surface area (Å²) in [5, 5.41) is 4.14. The summed E-state index contributed by atoms with van der Waals surface area (Å²) >= 11 is 0. The lowest BCUT2D eigenvalue weighted by Gasteiger charge is -2.20. The molecule has 1 aliphatic heterocycles. The minimum absolute atomic E-state index is 0.356. The van der Waals surface area contributed by atoms with Crippen LogP contribution < -0.4 is 5.32 Å². The molecule has 1 saturated heterocycles. The van der Waals surface area contributed by atoms with Crippen LogP contribution in [0.25, 0.3) is 0 Å². The van der Waals surface area contributed by atoms with E-state index >= 15 is 0 Å². The van der Waals surface area contributed by atoms with E-state index < -0.39 is 0 Å². The molecule has 1 aliphatic rings. The molecule has 1 rings (SSSR count). The molecule has 11 heavy (non-hydrogen) atoms. The average Bonchev–Trinajstić information content (AvgIpc) is 2.52. The third kappa shape index (κ3) is 2.77. The molecule has 65 valence electrons. The van der Waals surface area contributed by atoms with E-state index in [4.69, 9.17) is 4.74 Å². The van der Waals surface area contributed by atoms with E-state index in [1.54, 1.807) is 0 Å². The summed E-state index contributed by atoms with van der Waals surface area (Å²) in [7, 11) is 0. The van der Waals surface area contributed by atoms with Gasteiger partial charge in [0.1, 0.15) is 6.73 Å². The maximum absolute atomic E-state index is 5.38. The highest BCUT2D eigenvalue weighted by atomic mass is 16.5. The molecule has 0 saturated carbocycles. The van der Waals surface area contributed by atoms with Crippen LogP contribution in [0.4, 0.5) is 0 Å².